The summed E-state index contributed by atoms with van der Waals surface area (Å²) in [4.78, 5) is 16.0. The first-order valence-electron chi connectivity index (χ1n) is 3.56. The first kappa shape index (κ1) is 8.23. The highest BCUT2D eigenvalue weighted by molar-refractivity contribution is 5.82. The van der Waals surface area contributed by atoms with Crippen molar-refractivity contribution >= 4 is 5.91 Å². The van der Waals surface area contributed by atoms with E-state index in [-0.39, 0.29) is 5.91 Å². The van der Waals surface area contributed by atoms with Gasteiger partial charge in [-0.3, -0.25) is 9.63 Å². The zero-order valence-corrected chi connectivity index (χ0v) is 6.32. The lowest BCUT2D eigenvalue weighted by atomic mass is 10.3. The zero-order valence-electron chi connectivity index (χ0n) is 6.32. The predicted octanol–water partition coefficient (Wildman–Crippen LogP) is -0.336. The molecule has 0 aliphatic carbocycles. The monoisotopic (exact) mass is 156 g/mol. The van der Waals surface area contributed by atoms with Gasteiger partial charge in [0, 0.05) is 0 Å². The smallest absolute Gasteiger partial charge is 0.265 e. The third kappa shape index (κ3) is 1.78. The van der Waals surface area contributed by atoms with E-state index in [2.05, 4.69) is 6.58 Å². The summed E-state index contributed by atoms with van der Waals surface area (Å²) in [6, 6.07) is -0.472. The number of hydroxylamine groups is 2. The lowest BCUT2D eigenvalue weighted by Gasteiger charge is -2.11. The molecule has 0 radical (unpaired) electrons. The second-order valence-corrected chi connectivity index (χ2v) is 2.42. The molecule has 0 spiro atoms. The fraction of sp³-hybridized carbons (Fsp3) is 0.571. The van der Waals surface area contributed by atoms with Gasteiger partial charge < -0.3 is 5.73 Å². The minimum absolute atomic E-state index is 0.133. The molecule has 1 heterocycles. The van der Waals surface area contributed by atoms with Crippen LogP contribution in [0, 0.1) is 0 Å². The largest absolute Gasteiger partial charge is 0.318 e. The van der Waals surface area contributed by atoms with E-state index in [4.69, 9.17) is 10.6 Å². The molecular weight excluding hydrogens is 144 g/mol. The summed E-state index contributed by atoms with van der Waals surface area (Å²) in [5.41, 5.74) is 5.40. The molecule has 1 rings (SSSR count). The molecule has 11 heavy (non-hydrogen) atoms. The van der Waals surface area contributed by atoms with Crippen molar-refractivity contribution in [1.29, 1.82) is 0 Å². The quantitative estimate of drug-likeness (QED) is 0.569. The Labute approximate surface area is 65.6 Å². The normalized spacial score (nSPS) is 24.3. The molecule has 0 saturated carbocycles. The molecule has 1 amide bonds. The SMILES string of the molecule is C=CCCN1OCC(N)C1=O. The molecule has 1 atom stereocenters. The fourth-order valence-electron chi connectivity index (χ4n) is 0.873. The van der Waals surface area contributed by atoms with Crippen LogP contribution in [0.25, 0.3) is 0 Å². The summed E-state index contributed by atoms with van der Waals surface area (Å²) >= 11 is 0. The first-order chi connectivity index (χ1) is 5.25. The van der Waals surface area contributed by atoms with E-state index in [1.54, 1.807) is 6.08 Å². The van der Waals surface area contributed by atoms with Crippen molar-refractivity contribution in [3.63, 3.8) is 0 Å². The number of nitrogens with two attached hydrogens (primary N) is 1. The van der Waals surface area contributed by atoms with Crippen molar-refractivity contribution in [3.05, 3.63) is 12.7 Å². The predicted molar refractivity (Wildman–Crippen MR) is 40.5 cm³/mol. The maximum absolute atomic E-state index is 11.1. The Morgan fingerprint density at radius 1 is 1.91 bits per heavy atom. The maximum atomic E-state index is 11.1. The van der Waals surface area contributed by atoms with Crippen LogP contribution in [0.3, 0.4) is 0 Å². The fourth-order valence-corrected chi connectivity index (χ4v) is 0.873. The van der Waals surface area contributed by atoms with Gasteiger partial charge in [-0.15, -0.1) is 6.58 Å². The van der Waals surface area contributed by atoms with Gasteiger partial charge in [-0.05, 0) is 6.42 Å². The summed E-state index contributed by atoms with van der Waals surface area (Å²) in [6.45, 7) is 4.39. The van der Waals surface area contributed by atoms with Crippen molar-refractivity contribution in [3.8, 4) is 0 Å². The average molecular weight is 156 g/mol. The second-order valence-electron chi connectivity index (χ2n) is 2.42. The third-order valence-corrected chi connectivity index (χ3v) is 1.51. The van der Waals surface area contributed by atoms with Gasteiger partial charge in [0.15, 0.2) is 0 Å². The van der Waals surface area contributed by atoms with Gasteiger partial charge in [0.1, 0.15) is 6.04 Å². The van der Waals surface area contributed by atoms with Crippen molar-refractivity contribution in [2.24, 2.45) is 5.73 Å². The minimum Gasteiger partial charge on any atom is -0.318 e. The molecule has 0 aromatic carbocycles. The van der Waals surface area contributed by atoms with Gasteiger partial charge in [0.05, 0.1) is 13.2 Å². The molecule has 1 fully saturated rings. The third-order valence-electron chi connectivity index (χ3n) is 1.51. The standard InChI is InChI=1S/C7H12N2O2/c1-2-3-4-9-7(10)6(8)5-11-9/h2,6H,1,3-5,8H2. The lowest BCUT2D eigenvalue weighted by molar-refractivity contribution is -0.161. The van der Waals surface area contributed by atoms with Gasteiger partial charge in [-0.1, -0.05) is 6.08 Å². The van der Waals surface area contributed by atoms with E-state index in [0.717, 1.165) is 6.42 Å². The van der Waals surface area contributed by atoms with Crippen LogP contribution in [-0.4, -0.2) is 30.2 Å². The summed E-state index contributed by atoms with van der Waals surface area (Å²) in [6.07, 6.45) is 2.47. The number of hydrogen-bond acceptors (Lipinski definition) is 3. The van der Waals surface area contributed by atoms with Crippen LogP contribution >= 0.6 is 0 Å². The van der Waals surface area contributed by atoms with Gasteiger partial charge in [-0.2, -0.15) is 0 Å². The number of amides is 1. The van der Waals surface area contributed by atoms with Gasteiger partial charge in [0.2, 0.25) is 0 Å². The molecule has 0 aromatic rings. The Bertz CT molecular complexity index is 170. The molecule has 4 heteroatoms. The van der Waals surface area contributed by atoms with E-state index in [0.29, 0.717) is 13.2 Å². The van der Waals surface area contributed by atoms with E-state index in [1.165, 1.54) is 5.06 Å². The summed E-state index contributed by atoms with van der Waals surface area (Å²) in [5, 5.41) is 1.30. The molecule has 1 aliphatic heterocycles. The Hall–Kier alpha value is -0.870. The molecule has 4 nitrogen and oxygen atoms in total. The molecule has 0 bridgehead atoms. The Morgan fingerprint density at radius 2 is 2.64 bits per heavy atom. The molecule has 1 saturated heterocycles. The highest BCUT2D eigenvalue weighted by Crippen LogP contribution is 2.05. The van der Waals surface area contributed by atoms with E-state index >= 15 is 0 Å². The van der Waals surface area contributed by atoms with E-state index in [9.17, 15) is 4.79 Å². The van der Waals surface area contributed by atoms with Crippen molar-refractivity contribution in [2.75, 3.05) is 13.2 Å². The van der Waals surface area contributed by atoms with E-state index in [1.807, 2.05) is 0 Å². The van der Waals surface area contributed by atoms with Crippen LogP contribution < -0.4 is 5.73 Å². The van der Waals surface area contributed by atoms with Gasteiger partial charge >= 0.3 is 0 Å². The topological polar surface area (TPSA) is 55.6 Å². The van der Waals surface area contributed by atoms with Crippen molar-refractivity contribution in [2.45, 2.75) is 12.5 Å². The molecular formula is C7H12N2O2. The number of hydrogen-bond donors (Lipinski definition) is 1. The molecule has 62 valence electrons. The van der Waals surface area contributed by atoms with Crippen molar-refractivity contribution in [1.82, 2.24) is 5.06 Å². The van der Waals surface area contributed by atoms with Crippen LogP contribution in [0.2, 0.25) is 0 Å². The summed E-state index contributed by atoms with van der Waals surface area (Å²) in [7, 11) is 0. The second kappa shape index (κ2) is 3.50. The van der Waals surface area contributed by atoms with Crippen LogP contribution in [-0.2, 0) is 9.63 Å². The summed E-state index contributed by atoms with van der Waals surface area (Å²) in [5.74, 6) is -0.133. The zero-order chi connectivity index (χ0) is 8.27. The lowest BCUT2D eigenvalue weighted by Crippen LogP contribution is -2.34. The van der Waals surface area contributed by atoms with Crippen LogP contribution in [0.4, 0.5) is 0 Å². The Balaban J connectivity index is 2.36. The first-order valence-corrected chi connectivity index (χ1v) is 3.56. The molecule has 1 aliphatic rings. The number of nitrogens with zero attached hydrogens (tertiary/aromatic N) is 1. The highest BCUT2D eigenvalue weighted by Gasteiger charge is 2.29. The Morgan fingerprint density at radius 3 is 3.09 bits per heavy atom. The van der Waals surface area contributed by atoms with Crippen LogP contribution in [0.1, 0.15) is 6.42 Å². The summed E-state index contributed by atoms with van der Waals surface area (Å²) < 4.78 is 0. The average Bonchev–Trinajstić information content (AvgIpc) is 2.31. The van der Waals surface area contributed by atoms with Crippen molar-refractivity contribution < 1.29 is 9.63 Å². The van der Waals surface area contributed by atoms with Crippen LogP contribution in [0.5, 0.6) is 0 Å². The minimum atomic E-state index is -0.472. The number of carbonyl (C=O) groups is 1. The number of rotatable bonds is 3. The molecule has 2 N–H and O–H groups in total. The highest BCUT2D eigenvalue weighted by atomic mass is 16.7. The maximum Gasteiger partial charge on any atom is 0.265 e. The van der Waals surface area contributed by atoms with Crippen LogP contribution in [0.15, 0.2) is 12.7 Å². The molecule has 1 unspecified atom stereocenters. The molecule has 0 aromatic heterocycles. The number of carbonyl (C=O) groups excluding carboxylic acids is 1. The Kier molecular flexibility index (Phi) is 2.62. The van der Waals surface area contributed by atoms with E-state index < -0.39 is 6.04 Å². The van der Waals surface area contributed by atoms with Gasteiger partial charge in [0.25, 0.3) is 5.91 Å². The van der Waals surface area contributed by atoms with Gasteiger partial charge in [-0.25, -0.2) is 5.06 Å².